The molecule has 1 saturated carbocycles. The summed E-state index contributed by atoms with van der Waals surface area (Å²) in [5, 5.41) is 3.57. The van der Waals surface area contributed by atoms with E-state index >= 15 is 0 Å². The number of hydrogen-bond acceptors (Lipinski definition) is 2. The second-order valence-corrected chi connectivity index (χ2v) is 7.16. The summed E-state index contributed by atoms with van der Waals surface area (Å²) in [4.78, 5) is 14.9. The molecule has 1 aliphatic heterocycles. The molecule has 2 rings (SSSR count). The third-order valence-electron chi connectivity index (χ3n) is 5.15. The lowest BCUT2D eigenvalue weighted by Gasteiger charge is -2.37. The van der Waals surface area contributed by atoms with Gasteiger partial charge in [0.15, 0.2) is 0 Å². The Bertz CT molecular complexity index is 323. The average Bonchev–Trinajstić information content (AvgIpc) is 2.75. The predicted molar refractivity (Wildman–Crippen MR) is 83.3 cm³/mol. The van der Waals surface area contributed by atoms with Crippen molar-refractivity contribution in [3.8, 4) is 0 Å². The Kier molecular flexibility index (Phi) is 5.48. The fourth-order valence-electron chi connectivity index (χ4n) is 4.00. The summed E-state index contributed by atoms with van der Waals surface area (Å²) in [6, 6.07) is 0.448. The molecule has 0 radical (unpaired) electrons. The molecule has 3 nitrogen and oxygen atoms in total. The highest BCUT2D eigenvalue weighted by molar-refractivity contribution is 5.84. The number of carbonyl (C=O) groups excluding carboxylic acids is 1. The van der Waals surface area contributed by atoms with Gasteiger partial charge >= 0.3 is 0 Å². The lowest BCUT2D eigenvalue weighted by molar-refractivity contribution is -0.133. The molecule has 0 spiro atoms. The number of hydrogen-bond donors (Lipinski definition) is 1. The molecule has 2 fully saturated rings. The molecule has 1 N–H and O–H groups in total. The minimum absolute atomic E-state index is 0.0472. The van der Waals surface area contributed by atoms with Gasteiger partial charge in [-0.2, -0.15) is 0 Å². The Morgan fingerprint density at radius 2 is 1.85 bits per heavy atom. The van der Waals surface area contributed by atoms with Crippen LogP contribution in [0, 0.1) is 11.8 Å². The number of nitrogens with zero attached hydrogens (tertiary/aromatic N) is 1. The highest BCUT2D eigenvalue weighted by Crippen LogP contribution is 2.32. The van der Waals surface area contributed by atoms with Crippen LogP contribution in [0.15, 0.2) is 0 Å². The summed E-state index contributed by atoms with van der Waals surface area (Å²) in [7, 11) is 0. The molecule has 1 amide bonds. The van der Waals surface area contributed by atoms with Gasteiger partial charge in [-0.15, -0.1) is 0 Å². The van der Waals surface area contributed by atoms with E-state index in [1.54, 1.807) is 0 Å². The van der Waals surface area contributed by atoms with Gasteiger partial charge in [0, 0.05) is 6.04 Å². The first-order valence-electron chi connectivity index (χ1n) is 8.62. The Hall–Kier alpha value is -0.570. The molecule has 0 aromatic carbocycles. The smallest absolute Gasteiger partial charge is 0.241 e. The van der Waals surface area contributed by atoms with Crippen LogP contribution in [-0.4, -0.2) is 29.1 Å². The minimum atomic E-state index is 0.0472. The highest BCUT2D eigenvalue weighted by Gasteiger charge is 2.42. The van der Waals surface area contributed by atoms with Gasteiger partial charge in [-0.05, 0) is 44.4 Å². The number of nitrogens with one attached hydrogen (secondary N) is 1. The van der Waals surface area contributed by atoms with Gasteiger partial charge in [0.25, 0.3) is 0 Å². The molecule has 1 heterocycles. The van der Waals surface area contributed by atoms with E-state index in [4.69, 9.17) is 0 Å². The van der Waals surface area contributed by atoms with Gasteiger partial charge in [0.05, 0.1) is 12.2 Å². The van der Waals surface area contributed by atoms with Gasteiger partial charge < -0.3 is 4.90 Å². The second kappa shape index (κ2) is 6.93. The van der Waals surface area contributed by atoms with Crippen LogP contribution >= 0.6 is 0 Å². The summed E-state index contributed by atoms with van der Waals surface area (Å²) >= 11 is 0. The number of amides is 1. The molecule has 20 heavy (non-hydrogen) atoms. The Morgan fingerprint density at radius 1 is 1.20 bits per heavy atom. The Balaban J connectivity index is 2.05. The molecule has 1 aliphatic carbocycles. The zero-order valence-corrected chi connectivity index (χ0v) is 13.7. The highest BCUT2D eigenvalue weighted by atomic mass is 16.2. The standard InChI is InChI=1S/C17H32N2O/c1-5-16-18-15(11-12(2)3)17(20)19(16)13(4)14-9-7-6-8-10-14/h12-16,18H,5-11H2,1-4H3. The van der Waals surface area contributed by atoms with Gasteiger partial charge in [-0.3, -0.25) is 10.1 Å². The van der Waals surface area contributed by atoms with Crippen molar-refractivity contribution in [3.63, 3.8) is 0 Å². The first-order chi connectivity index (χ1) is 9.54. The molecule has 2 aliphatic rings. The SMILES string of the molecule is CCC1NC(CC(C)C)C(=O)N1C(C)C1CCCCC1. The number of carbonyl (C=O) groups is 1. The largest absolute Gasteiger partial charge is 0.323 e. The second-order valence-electron chi connectivity index (χ2n) is 7.16. The summed E-state index contributed by atoms with van der Waals surface area (Å²) in [6.07, 6.45) is 8.89. The van der Waals surface area contributed by atoms with E-state index in [1.165, 1.54) is 32.1 Å². The van der Waals surface area contributed by atoms with E-state index in [0.29, 0.717) is 23.8 Å². The molecule has 3 heteroatoms. The van der Waals surface area contributed by atoms with E-state index in [0.717, 1.165) is 12.8 Å². The van der Waals surface area contributed by atoms with Crippen molar-refractivity contribution in [2.45, 2.75) is 90.9 Å². The quantitative estimate of drug-likeness (QED) is 0.835. The first kappa shape index (κ1) is 15.8. The normalized spacial score (nSPS) is 30.2. The van der Waals surface area contributed by atoms with Crippen LogP contribution in [0.1, 0.15) is 72.6 Å². The van der Waals surface area contributed by atoms with Crippen molar-refractivity contribution in [1.82, 2.24) is 10.2 Å². The third kappa shape index (κ3) is 3.36. The molecule has 0 aromatic rings. The third-order valence-corrected chi connectivity index (χ3v) is 5.15. The fraction of sp³-hybridized carbons (Fsp3) is 0.941. The molecule has 3 unspecified atom stereocenters. The molecule has 1 saturated heterocycles. The Labute approximate surface area is 124 Å². The van der Waals surface area contributed by atoms with Crippen LogP contribution < -0.4 is 5.32 Å². The van der Waals surface area contributed by atoms with Crippen LogP contribution in [0.3, 0.4) is 0 Å². The summed E-state index contributed by atoms with van der Waals surface area (Å²) < 4.78 is 0. The van der Waals surface area contributed by atoms with Gasteiger partial charge in [0.1, 0.15) is 0 Å². The van der Waals surface area contributed by atoms with Crippen molar-refractivity contribution in [2.24, 2.45) is 11.8 Å². The topological polar surface area (TPSA) is 32.3 Å². The van der Waals surface area contributed by atoms with Crippen molar-refractivity contribution in [1.29, 1.82) is 0 Å². The average molecular weight is 280 g/mol. The van der Waals surface area contributed by atoms with Crippen molar-refractivity contribution >= 4 is 5.91 Å². The van der Waals surface area contributed by atoms with Crippen molar-refractivity contribution in [2.75, 3.05) is 0 Å². The first-order valence-corrected chi connectivity index (χ1v) is 8.62. The van der Waals surface area contributed by atoms with Crippen LogP contribution in [0.2, 0.25) is 0 Å². The maximum Gasteiger partial charge on any atom is 0.241 e. The van der Waals surface area contributed by atoms with E-state index in [1.807, 2.05) is 0 Å². The molecular formula is C17H32N2O. The number of rotatable bonds is 5. The van der Waals surface area contributed by atoms with E-state index < -0.39 is 0 Å². The van der Waals surface area contributed by atoms with E-state index in [2.05, 4.69) is 37.9 Å². The van der Waals surface area contributed by atoms with Crippen LogP contribution in [0.4, 0.5) is 0 Å². The molecule has 0 aromatic heterocycles. The van der Waals surface area contributed by atoms with Crippen LogP contribution in [0.25, 0.3) is 0 Å². The van der Waals surface area contributed by atoms with E-state index in [-0.39, 0.29) is 12.2 Å². The molecular weight excluding hydrogens is 248 g/mol. The molecule has 116 valence electrons. The fourth-order valence-corrected chi connectivity index (χ4v) is 4.00. The van der Waals surface area contributed by atoms with Crippen molar-refractivity contribution < 1.29 is 4.79 Å². The van der Waals surface area contributed by atoms with Gasteiger partial charge in [-0.1, -0.05) is 40.0 Å². The maximum atomic E-state index is 12.8. The maximum absolute atomic E-state index is 12.8. The zero-order chi connectivity index (χ0) is 14.7. The molecule has 0 bridgehead atoms. The summed E-state index contributed by atoms with van der Waals surface area (Å²) in [5.74, 6) is 1.63. The van der Waals surface area contributed by atoms with Gasteiger partial charge in [0.2, 0.25) is 5.91 Å². The zero-order valence-electron chi connectivity index (χ0n) is 13.7. The monoisotopic (exact) mass is 280 g/mol. The van der Waals surface area contributed by atoms with E-state index in [9.17, 15) is 4.79 Å². The summed E-state index contributed by atoms with van der Waals surface area (Å²) in [6.45, 7) is 8.85. The van der Waals surface area contributed by atoms with Crippen LogP contribution in [-0.2, 0) is 4.79 Å². The summed E-state index contributed by atoms with van der Waals surface area (Å²) in [5.41, 5.74) is 0. The Morgan fingerprint density at radius 3 is 2.40 bits per heavy atom. The van der Waals surface area contributed by atoms with Crippen molar-refractivity contribution in [3.05, 3.63) is 0 Å². The minimum Gasteiger partial charge on any atom is -0.323 e. The lowest BCUT2D eigenvalue weighted by Crippen LogP contribution is -2.46. The molecule has 3 atom stereocenters. The van der Waals surface area contributed by atoms with Crippen LogP contribution in [0.5, 0.6) is 0 Å². The van der Waals surface area contributed by atoms with Gasteiger partial charge in [-0.25, -0.2) is 0 Å². The lowest BCUT2D eigenvalue weighted by atomic mass is 9.83. The predicted octanol–water partition coefficient (Wildman–Crippen LogP) is 3.54.